The van der Waals surface area contributed by atoms with Crippen molar-refractivity contribution in [3.63, 3.8) is 0 Å². The number of ether oxygens (including phenoxy) is 1. The highest BCUT2D eigenvalue weighted by Crippen LogP contribution is 2.40. The van der Waals surface area contributed by atoms with Crippen LogP contribution in [0.2, 0.25) is 0 Å². The summed E-state index contributed by atoms with van der Waals surface area (Å²) in [5.74, 6) is 1.71. The van der Waals surface area contributed by atoms with Gasteiger partial charge in [0.15, 0.2) is 0 Å². The number of anilines is 1. The zero-order valence-corrected chi connectivity index (χ0v) is 18.5. The van der Waals surface area contributed by atoms with E-state index in [1.54, 1.807) is 6.07 Å². The van der Waals surface area contributed by atoms with Gasteiger partial charge in [0, 0.05) is 35.1 Å². The summed E-state index contributed by atoms with van der Waals surface area (Å²) in [6, 6.07) is 7.99. The molecule has 3 heterocycles. The predicted molar refractivity (Wildman–Crippen MR) is 118 cm³/mol. The van der Waals surface area contributed by atoms with Crippen LogP contribution in [0.4, 0.5) is 5.82 Å². The largest absolute Gasteiger partial charge is 0.492 e. The lowest BCUT2D eigenvalue weighted by molar-refractivity contribution is 0.251. The molecule has 142 valence electrons. The first-order chi connectivity index (χ1) is 13.1. The minimum Gasteiger partial charge on any atom is -0.492 e. The number of hydrogen-bond acceptors (Lipinski definition) is 5. The summed E-state index contributed by atoms with van der Waals surface area (Å²) in [5, 5.41) is 8.86. The van der Waals surface area contributed by atoms with Gasteiger partial charge in [-0.25, -0.2) is 0 Å². The van der Waals surface area contributed by atoms with E-state index in [0.717, 1.165) is 56.7 Å². The third-order valence-electron chi connectivity index (χ3n) is 4.56. The van der Waals surface area contributed by atoms with E-state index in [4.69, 9.17) is 4.74 Å². The summed E-state index contributed by atoms with van der Waals surface area (Å²) in [5.41, 5.74) is 2.14. The number of halogens is 2. The van der Waals surface area contributed by atoms with E-state index in [1.165, 1.54) is 16.9 Å². The molecule has 0 fully saturated rings. The van der Waals surface area contributed by atoms with Gasteiger partial charge in [-0.3, -0.25) is 4.79 Å². The molecule has 0 saturated carbocycles. The minimum absolute atomic E-state index is 0.0642. The third kappa shape index (κ3) is 4.23. The average Bonchev–Trinajstić information content (AvgIpc) is 3.11. The maximum Gasteiger partial charge on any atom is 0.201 e. The third-order valence-corrected chi connectivity index (χ3v) is 6.53. The van der Waals surface area contributed by atoms with Crippen LogP contribution in [0.15, 0.2) is 43.4 Å². The average molecular weight is 513 g/mol. The van der Waals surface area contributed by atoms with Crippen molar-refractivity contribution in [2.24, 2.45) is 0 Å². The summed E-state index contributed by atoms with van der Waals surface area (Å²) < 4.78 is 8.61. The fourth-order valence-corrected chi connectivity index (χ4v) is 5.43. The molecule has 8 heteroatoms. The normalized spacial score (nSPS) is 16.1. The predicted octanol–water partition coefficient (Wildman–Crippen LogP) is 5.03. The first-order valence-electron chi connectivity index (χ1n) is 8.81. The standard InChI is InChI=1S/C19H19Br2N3O2S/c20-11-8-12-14(2-6-26-18(12)13(21)9-11)22-4-1-5-23-17-10-16(25)19-15(24-17)3-7-27-19/h3,7-10,14,22H,1-2,4-6H2,(H2,23,24,25)/t14-/m1/s1. The Morgan fingerprint density at radius 1 is 1.26 bits per heavy atom. The van der Waals surface area contributed by atoms with Crippen LogP contribution in [0.25, 0.3) is 10.2 Å². The number of rotatable bonds is 6. The van der Waals surface area contributed by atoms with Crippen molar-refractivity contribution in [1.29, 1.82) is 0 Å². The first-order valence-corrected chi connectivity index (χ1v) is 11.3. The second-order valence-corrected chi connectivity index (χ2v) is 9.13. The Labute approximate surface area is 177 Å². The zero-order valence-electron chi connectivity index (χ0n) is 14.5. The van der Waals surface area contributed by atoms with Gasteiger partial charge >= 0.3 is 0 Å². The fourth-order valence-electron chi connectivity index (χ4n) is 3.30. The van der Waals surface area contributed by atoms with Crippen molar-refractivity contribution in [3.05, 3.63) is 54.4 Å². The molecule has 4 rings (SSSR count). The second kappa shape index (κ2) is 8.34. The molecule has 2 aromatic heterocycles. The van der Waals surface area contributed by atoms with Gasteiger partial charge in [0.1, 0.15) is 11.6 Å². The Hall–Kier alpha value is -1.35. The molecule has 3 aromatic rings. The molecule has 1 aliphatic heterocycles. The van der Waals surface area contributed by atoms with Crippen LogP contribution in [0, 0.1) is 0 Å². The highest BCUT2D eigenvalue weighted by molar-refractivity contribution is 9.11. The number of H-pyrrole nitrogens is 1. The monoisotopic (exact) mass is 511 g/mol. The van der Waals surface area contributed by atoms with Gasteiger partial charge in [-0.05, 0) is 52.5 Å². The van der Waals surface area contributed by atoms with Gasteiger partial charge in [-0.2, -0.15) is 0 Å². The number of hydrogen-bond donors (Lipinski definition) is 3. The van der Waals surface area contributed by atoms with Crippen molar-refractivity contribution in [1.82, 2.24) is 10.3 Å². The molecule has 0 saturated heterocycles. The Kier molecular flexibility index (Phi) is 5.87. The van der Waals surface area contributed by atoms with Crippen LogP contribution >= 0.6 is 43.2 Å². The van der Waals surface area contributed by atoms with Gasteiger partial charge in [0.25, 0.3) is 0 Å². The van der Waals surface area contributed by atoms with Gasteiger partial charge < -0.3 is 20.4 Å². The second-order valence-electron chi connectivity index (χ2n) is 6.44. The summed E-state index contributed by atoms with van der Waals surface area (Å²) in [6.07, 6.45) is 1.90. The first kappa shape index (κ1) is 19.0. The van der Waals surface area contributed by atoms with Crippen molar-refractivity contribution in [3.8, 4) is 5.75 Å². The molecule has 0 aliphatic carbocycles. The van der Waals surface area contributed by atoms with E-state index in [1.807, 2.05) is 17.5 Å². The van der Waals surface area contributed by atoms with Crippen LogP contribution in [0.5, 0.6) is 5.75 Å². The lowest BCUT2D eigenvalue weighted by Crippen LogP contribution is -2.29. The van der Waals surface area contributed by atoms with E-state index >= 15 is 0 Å². The van der Waals surface area contributed by atoms with Crippen LogP contribution in [0.1, 0.15) is 24.4 Å². The van der Waals surface area contributed by atoms with Crippen molar-refractivity contribution in [2.75, 3.05) is 25.0 Å². The number of fused-ring (bicyclic) bond motifs is 2. The van der Waals surface area contributed by atoms with Gasteiger partial charge in [0.2, 0.25) is 5.43 Å². The topological polar surface area (TPSA) is 66.2 Å². The number of thiophene rings is 1. The smallest absolute Gasteiger partial charge is 0.201 e. The lowest BCUT2D eigenvalue weighted by atomic mass is 10.0. The van der Waals surface area contributed by atoms with Crippen molar-refractivity contribution >= 4 is 59.2 Å². The summed E-state index contributed by atoms with van der Waals surface area (Å²) in [7, 11) is 0. The number of pyridine rings is 1. The molecule has 27 heavy (non-hydrogen) atoms. The lowest BCUT2D eigenvalue weighted by Gasteiger charge is -2.28. The van der Waals surface area contributed by atoms with Crippen LogP contribution < -0.4 is 20.8 Å². The van der Waals surface area contributed by atoms with E-state index in [-0.39, 0.29) is 11.5 Å². The Bertz CT molecular complexity index is 1020. The van der Waals surface area contributed by atoms with E-state index in [2.05, 4.69) is 53.5 Å². The van der Waals surface area contributed by atoms with Gasteiger partial charge in [0.05, 0.1) is 21.3 Å². The van der Waals surface area contributed by atoms with E-state index < -0.39 is 0 Å². The van der Waals surface area contributed by atoms with Gasteiger partial charge in [-0.15, -0.1) is 11.3 Å². The van der Waals surface area contributed by atoms with Crippen LogP contribution in [-0.2, 0) is 0 Å². The Balaban J connectivity index is 1.31. The Morgan fingerprint density at radius 3 is 3.04 bits per heavy atom. The number of nitrogens with one attached hydrogen (secondary N) is 3. The number of benzene rings is 1. The van der Waals surface area contributed by atoms with Crippen LogP contribution in [0.3, 0.4) is 0 Å². The van der Waals surface area contributed by atoms with Crippen molar-refractivity contribution < 1.29 is 4.74 Å². The summed E-state index contributed by atoms with van der Waals surface area (Å²) in [6.45, 7) is 2.38. The minimum atomic E-state index is 0.0642. The maximum atomic E-state index is 12.0. The van der Waals surface area contributed by atoms with Gasteiger partial charge in [-0.1, -0.05) is 15.9 Å². The summed E-state index contributed by atoms with van der Waals surface area (Å²) >= 11 is 8.60. The molecule has 0 bridgehead atoms. The molecule has 0 spiro atoms. The molecule has 1 atom stereocenters. The highest BCUT2D eigenvalue weighted by Gasteiger charge is 2.23. The quantitative estimate of drug-likeness (QED) is 0.405. The molecule has 0 unspecified atom stereocenters. The number of aromatic amines is 1. The molecule has 0 radical (unpaired) electrons. The molecular formula is C19H19Br2N3O2S. The van der Waals surface area contributed by atoms with E-state index in [9.17, 15) is 4.79 Å². The summed E-state index contributed by atoms with van der Waals surface area (Å²) in [4.78, 5) is 15.3. The highest BCUT2D eigenvalue weighted by atomic mass is 79.9. The van der Waals surface area contributed by atoms with E-state index in [0.29, 0.717) is 6.61 Å². The fraction of sp³-hybridized carbons (Fsp3) is 0.316. The SMILES string of the molecule is O=c1cc(NCCCN[C@@H]2CCOc3c(Br)cc(Br)cc32)[nH]c2ccsc12. The molecular weight excluding hydrogens is 494 g/mol. The Morgan fingerprint density at radius 2 is 2.15 bits per heavy atom. The van der Waals surface area contributed by atoms with Crippen molar-refractivity contribution in [2.45, 2.75) is 18.9 Å². The molecule has 1 aliphatic rings. The molecule has 0 amide bonds. The molecule has 5 nitrogen and oxygen atoms in total. The molecule has 1 aromatic carbocycles. The maximum absolute atomic E-state index is 12.0. The number of aromatic nitrogens is 1. The zero-order chi connectivity index (χ0) is 18.8. The molecule has 3 N–H and O–H groups in total. The van der Waals surface area contributed by atoms with Crippen LogP contribution in [-0.4, -0.2) is 24.7 Å².